The highest BCUT2D eigenvalue weighted by atomic mass is 16.5. The Bertz CT molecular complexity index is 1640. The number of fused-ring (bicyclic) bond motifs is 2. The Labute approximate surface area is 186 Å². The summed E-state index contributed by atoms with van der Waals surface area (Å²) in [7, 11) is 1.37. The van der Waals surface area contributed by atoms with Crippen LogP contribution in [0.15, 0.2) is 79.8 Å². The molecule has 0 atom stereocenters. The molecule has 8 heteroatoms. The minimum Gasteiger partial charge on any atom is -0.473 e. The Kier molecular flexibility index (Phi) is 4.70. The molecule has 5 rings (SSSR count). The summed E-state index contributed by atoms with van der Waals surface area (Å²) in [6.45, 7) is 2.26. The van der Waals surface area contributed by atoms with E-state index in [4.69, 9.17) is 4.74 Å². The van der Waals surface area contributed by atoms with Crippen molar-refractivity contribution >= 4 is 27.2 Å². The maximum absolute atomic E-state index is 13.0. The van der Waals surface area contributed by atoms with Crippen LogP contribution in [0.1, 0.15) is 5.56 Å². The number of benzene rings is 3. The van der Waals surface area contributed by atoms with Gasteiger partial charge in [-0.1, -0.05) is 17.7 Å². The summed E-state index contributed by atoms with van der Waals surface area (Å²) in [6, 6.07) is 17.1. The summed E-state index contributed by atoms with van der Waals surface area (Å²) in [5, 5.41) is 3.63. The molecule has 164 valence electrons. The molecule has 5 aromatic rings. The highest BCUT2D eigenvalue weighted by molar-refractivity contribution is 5.98. The van der Waals surface area contributed by atoms with Gasteiger partial charge in [0.15, 0.2) is 6.73 Å². The van der Waals surface area contributed by atoms with E-state index in [1.54, 1.807) is 24.3 Å². The second-order valence-electron chi connectivity index (χ2n) is 7.88. The third-order valence-corrected chi connectivity index (χ3v) is 5.76. The van der Waals surface area contributed by atoms with Crippen LogP contribution in [0.4, 0.5) is 5.69 Å². The maximum Gasteiger partial charge on any atom is 0.266 e. The van der Waals surface area contributed by atoms with E-state index in [9.17, 15) is 19.2 Å². The number of anilines is 1. The number of hydrogen-bond donors (Lipinski definition) is 1. The molecular formula is C25H19N3O5. The van der Waals surface area contributed by atoms with Gasteiger partial charge >= 0.3 is 0 Å². The predicted molar refractivity (Wildman–Crippen MR) is 128 cm³/mol. The van der Waals surface area contributed by atoms with Gasteiger partial charge in [0.2, 0.25) is 0 Å². The van der Waals surface area contributed by atoms with Crippen molar-refractivity contribution < 1.29 is 4.74 Å². The molecule has 0 amide bonds. The van der Waals surface area contributed by atoms with Crippen LogP contribution in [0, 0.1) is 6.92 Å². The molecule has 3 aromatic carbocycles. The monoisotopic (exact) mass is 441 g/mol. The van der Waals surface area contributed by atoms with Gasteiger partial charge in [0.05, 0.1) is 27.2 Å². The average molecular weight is 441 g/mol. The van der Waals surface area contributed by atoms with Crippen molar-refractivity contribution in [1.82, 2.24) is 9.13 Å². The third-order valence-electron chi connectivity index (χ3n) is 5.76. The number of nitrogens with zero attached hydrogens (tertiary/aromatic N) is 2. The second kappa shape index (κ2) is 7.59. The molecule has 8 nitrogen and oxygen atoms in total. The molecule has 2 aromatic heterocycles. The van der Waals surface area contributed by atoms with Crippen LogP contribution < -0.4 is 32.3 Å². The molecule has 1 N–H and O–H groups in total. The first-order valence-electron chi connectivity index (χ1n) is 10.3. The standard InChI is InChI=1S/C25H19N3O5/c1-14-3-5-15(6-4-14)26-13-33-17-9-7-16(8-10-17)28-24(31)20-11-18-19(12-21(20)25(28)32)23(30)27(2)22(18)29/h3-12,26H,13H2,1-2H3. The smallest absolute Gasteiger partial charge is 0.266 e. The number of aryl methyl sites for hydroxylation is 1. The molecule has 0 aliphatic heterocycles. The van der Waals surface area contributed by atoms with E-state index in [1.165, 1.54) is 24.7 Å². The van der Waals surface area contributed by atoms with Crippen molar-refractivity contribution in [3.05, 3.63) is 108 Å². The number of nitrogens with one attached hydrogen (secondary N) is 1. The Balaban J connectivity index is 1.44. The highest BCUT2D eigenvalue weighted by Gasteiger charge is 2.19. The summed E-state index contributed by atoms with van der Waals surface area (Å²) >= 11 is 0. The SMILES string of the molecule is Cc1ccc(NCOc2ccc(-n3c(=O)c4cc5c(=O)n(C)c(=O)c5cc4c3=O)cc2)cc1. The van der Waals surface area contributed by atoms with Crippen LogP contribution in [0.3, 0.4) is 0 Å². The van der Waals surface area contributed by atoms with E-state index in [0.29, 0.717) is 11.4 Å². The zero-order chi connectivity index (χ0) is 23.3. The van der Waals surface area contributed by atoms with E-state index >= 15 is 0 Å². The molecule has 0 fully saturated rings. The predicted octanol–water partition coefficient (Wildman–Crippen LogP) is 2.20. The molecule has 0 unspecified atom stereocenters. The van der Waals surface area contributed by atoms with Crippen LogP contribution in [-0.2, 0) is 7.05 Å². The molecule has 2 heterocycles. The summed E-state index contributed by atoms with van der Waals surface area (Å²) in [5.41, 5.74) is 0.410. The lowest BCUT2D eigenvalue weighted by Gasteiger charge is -2.10. The van der Waals surface area contributed by atoms with Crippen molar-refractivity contribution in [2.24, 2.45) is 7.05 Å². The summed E-state index contributed by atoms with van der Waals surface area (Å²) in [6.07, 6.45) is 0. The fraction of sp³-hybridized carbons (Fsp3) is 0.120. The zero-order valence-electron chi connectivity index (χ0n) is 17.9. The summed E-state index contributed by atoms with van der Waals surface area (Å²) < 4.78 is 7.69. The number of rotatable bonds is 5. The van der Waals surface area contributed by atoms with Crippen LogP contribution >= 0.6 is 0 Å². The van der Waals surface area contributed by atoms with Gasteiger partial charge in [-0.3, -0.25) is 23.7 Å². The van der Waals surface area contributed by atoms with E-state index in [0.717, 1.165) is 14.8 Å². The molecule has 0 saturated heterocycles. The van der Waals surface area contributed by atoms with Gasteiger partial charge in [-0.25, -0.2) is 4.57 Å². The second-order valence-corrected chi connectivity index (χ2v) is 7.88. The first-order valence-corrected chi connectivity index (χ1v) is 10.3. The van der Waals surface area contributed by atoms with E-state index in [1.807, 2.05) is 31.2 Å². The molecule has 0 aliphatic carbocycles. The van der Waals surface area contributed by atoms with Crippen molar-refractivity contribution in [1.29, 1.82) is 0 Å². The fourth-order valence-corrected chi connectivity index (χ4v) is 3.89. The van der Waals surface area contributed by atoms with Crippen molar-refractivity contribution in [3.8, 4) is 11.4 Å². The number of ether oxygens (including phenoxy) is 1. The number of aromatic nitrogens is 2. The van der Waals surface area contributed by atoms with Gasteiger partial charge in [0, 0.05) is 12.7 Å². The summed E-state index contributed by atoms with van der Waals surface area (Å²) in [4.78, 5) is 50.4. The van der Waals surface area contributed by atoms with Crippen LogP contribution in [0.5, 0.6) is 5.75 Å². The third kappa shape index (κ3) is 3.32. The van der Waals surface area contributed by atoms with Crippen molar-refractivity contribution in [3.63, 3.8) is 0 Å². The highest BCUT2D eigenvalue weighted by Crippen LogP contribution is 2.18. The first-order chi connectivity index (χ1) is 15.8. The first kappa shape index (κ1) is 20.4. The van der Waals surface area contributed by atoms with Crippen molar-refractivity contribution in [2.75, 3.05) is 12.0 Å². The largest absolute Gasteiger partial charge is 0.473 e. The van der Waals surface area contributed by atoms with Gasteiger partial charge in [0.25, 0.3) is 22.2 Å². The van der Waals surface area contributed by atoms with Gasteiger partial charge in [0.1, 0.15) is 5.75 Å². The Morgan fingerprint density at radius 2 is 1.24 bits per heavy atom. The lowest BCUT2D eigenvalue weighted by molar-refractivity contribution is 0.347. The minimum atomic E-state index is -0.540. The molecule has 0 saturated carbocycles. The van der Waals surface area contributed by atoms with E-state index < -0.39 is 22.2 Å². The molecule has 0 aliphatic rings. The Morgan fingerprint density at radius 1 is 0.727 bits per heavy atom. The van der Waals surface area contributed by atoms with E-state index in [2.05, 4.69) is 5.32 Å². The average Bonchev–Trinajstić information content (AvgIpc) is 3.19. The van der Waals surface area contributed by atoms with Gasteiger partial charge in [-0.15, -0.1) is 0 Å². The Morgan fingerprint density at radius 3 is 1.79 bits per heavy atom. The molecule has 0 radical (unpaired) electrons. The number of hydrogen-bond acceptors (Lipinski definition) is 6. The quantitative estimate of drug-likeness (QED) is 0.420. The fourth-order valence-electron chi connectivity index (χ4n) is 3.89. The normalized spacial score (nSPS) is 11.3. The molecular weight excluding hydrogens is 422 g/mol. The lowest BCUT2D eigenvalue weighted by atomic mass is 10.1. The van der Waals surface area contributed by atoms with Crippen molar-refractivity contribution in [2.45, 2.75) is 6.92 Å². The summed E-state index contributed by atoms with van der Waals surface area (Å²) in [5.74, 6) is 0.563. The van der Waals surface area contributed by atoms with E-state index in [-0.39, 0.29) is 28.3 Å². The lowest BCUT2D eigenvalue weighted by Crippen LogP contribution is -2.23. The minimum absolute atomic E-state index is 0.109. The van der Waals surface area contributed by atoms with Gasteiger partial charge in [-0.2, -0.15) is 0 Å². The van der Waals surface area contributed by atoms with Gasteiger partial charge < -0.3 is 10.1 Å². The Hall–Kier alpha value is -4.46. The van der Waals surface area contributed by atoms with Gasteiger partial charge in [-0.05, 0) is 55.5 Å². The topological polar surface area (TPSA) is 99.4 Å². The maximum atomic E-state index is 13.0. The van der Waals surface area contributed by atoms with Crippen LogP contribution in [-0.4, -0.2) is 15.9 Å². The molecule has 33 heavy (non-hydrogen) atoms. The molecule has 0 spiro atoms. The molecule has 0 bridgehead atoms. The zero-order valence-corrected chi connectivity index (χ0v) is 17.9. The van der Waals surface area contributed by atoms with Crippen LogP contribution in [0.25, 0.3) is 27.2 Å². The van der Waals surface area contributed by atoms with Crippen LogP contribution in [0.2, 0.25) is 0 Å².